The fraction of sp³-hybridized carbons (Fsp3) is 0.355. The van der Waals surface area contributed by atoms with Gasteiger partial charge in [-0.05, 0) is 80.3 Å². The summed E-state index contributed by atoms with van der Waals surface area (Å²) in [5.74, 6) is -0.736. The number of sulfonamides is 1. The monoisotopic (exact) mass is 615 g/mol. The van der Waals surface area contributed by atoms with E-state index in [9.17, 15) is 18.0 Å². The third-order valence-electron chi connectivity index (χ3n) is 7.36. The van der Waals surface area contributed by atoms with Gasteiger partial charge in [0.25, 0.3) is 10.0 Å². The maximum Gasteiger partial charge on any atom is 0.264 e. The molecule has 0 aromatic heterocycles. The van der Waals surface area contributed by atoms with Crippen LogP contribution in [0.1, 0.15) is 50.2 Å². The number of hydrogen-bond donors (Lipinski definition) is 1. The molecule has 1 atom stereocenters. The summed E-state index contributed by atoms with van der Waals surface area (Å²) in [6, 6.07) is 19.1. The van der Waals surface area contributed by atoms with Crippen LogP contribution in [-0.2, 0) is 26.2 Å². The minimum Gasteiger partial charge on any atom is -0.352 e. The van der Waals surface area contributed by atoms with E-state index in [1.807, 2.05) is 13.8 Å². The Kier molecular flexibility index (Phi) is 10.3. The first-order valence-corrected chi connectivity index (χ1v) is 16.0. The second kappa shape index (κ2) is 13.7. The van der Waals surface area contributed by atoms with Crippen LogP contribution in [0.3, 0.4) is 0 Å². The smallest absolute Gasteiger partial charge is 0.264 e. The number of carbonyl (C=O) groups is 2. The van der Waals surface area contributed by atoms with Crippen molar-refractivity contribution in [2.75, 3.05) is 10.8 Å². The van der Waals surface area contributed by atoms with Crippen LogP contribution in [0.4, 0.5) is 5.69 Å². The van der Waals surface area contributed by atoms with Crippen molar-refractivity contribution in [3.63, 3.8) is 0 Å². The van der Waals surface area contributed by atoms with E-state index < -0.39 is 28.5 Å². The second-order valence-electron chi connectivity index (χ2n) is 10.4. The highest BCUT2D eigenvalue weighted by molar-refractivity contribution is 7.92. The van der Waals surface area contributed by atoms with Crippen molar-refractivity contribution >= 4 is 50.7 Å². The molecule has 2 amide bonds. The first-order valence-electron chi connectivity index (χ1n) is 13.8. The molecule has 0 spiro atoms. The molecule has 1 fully saturated rings. The highest BCUT2D eigenvalue weighted by Crippen LogP contribution is 2.27. The van der Waals surface area contributed by atoms with Crippen LogP contribution in [0.25, 0.3) is 0 Å². The van der Waals surface area contributed by atoms with E-state index >= 15 is 0 Å². The summed E-state index contributed by atoms with van der Waals surface area (Å²) < 4.78 is 28.9. The number of benzene rings is 3. The van der Waals surface area contributed by atoms with Crippen molar-refractivity contribution in [2.24, 2.45) is 0 Å². The lowest BCUT2D eigenvalue weighted by Gasteiger charge is -2.33. The van der Waals surface area contributed by atoms with E-state index in [2.05, 4.69) is 5.32 Å². The number of aryl methyl sites for hydroxylation is 1. The Morgan fingerprint density at radius 2 is 1.46 bits per heavy atom. The van der Waals surface area contributed by atoms with E-state index in [4.69, 9.17) is 23.2 Å². The molecule has 0 unspecified atom stereocenters. The zero-order valence-electron chi connectivity index (χ0n) is 23.2. The Morgan fingerprint density at radius 3 is 2.02 bits per heavy atom. The molecule has 4 rings (SSSR count). The lowest BCUT2D eigenvalue weighted by atomic mass is 10.1. The first-order chi connectivity index (χ1) is 19.6. The third-order valence-corrected chi connectivity index (χ3v) is 9.65. The Bertz CT molecular complexity index is 1440. The molecule has 0 aliphatic heterocycles. The summed E-state index contributed by atoms with van der Waals surface area (Å²) in [6.07, 6.45) is 4.30. The van der Waals surface area contributed by atoms with Gasteiger partial charge in [-0.15, -0.1) is 0 Å². The van der Waals surface area contributed by atoms with Crippen LogP contribution in [0.15, 0.2) is 77.7 Å². The summed E-state index contributed by atoms with van der Waals surface area (Å²) in [5.41, 5.74) is 1.97. The summed E-state index contributed by atoms with van der Waals surface area (Å²) >= 11 is 12.2. The van der Waals surface area contributed by atoms with Gasteiger partial charge in [-0.3, -0.25) is 13.9 Å². The minimum atomic E-state index is -4.14. The number of halogens is 2. The predicted octanol–water partition coefficient (Wildman–Crippen LogP) is 6.36. The van der Waals surface area contributed by atoms with Crippen LogP contribution >= 0.6 is 23.2 Å². The molecule has 218 valence electrons. The molecule has 3 aromatic rings. The quantitative estimate of drug-likeness (QED) is 0.272. The standard InChI is InChI=1S/C31H35Cl2N3O4S/c1-3-29(31(38)34-26-6-4-5-7-26)35(20-23-10-12-24(32)13-11-23)30(37)21-36(27-16-14-25(33)15-17-27)41(39,40)28-18-8-22(2)9-19-28/h8-19,26,29H,3-7,20-21H2,1-2H3,(H,34,38)/t29-/m0/s1. The Balaban J connectivity index is 1.70. The van der Waals surface area contributed by atoms with Crippen LogP contribution in [0.5, 0.6) is 0 Å². The number of rotatable bonds is 11. The van der Waals surface area contributed by atoms with Crippen LogP contribution in [0, 0.1) is 6.92 Å². The van der Waals surface area contributed by atoms with E-state index in [0.29, 0.717) is 22.2 Å². The Labute approximate surface area is 252 Å². The van der Waals surface area contributed by atoms with Gasteiger partial charge in [-0.25, -0.2) is 8.42 Å². The average Bonchev–Trinajstić information content (AvgIpc) is 3.46. The van der Waals surface area contributed by atoms with Crippen LogP contribution < -0.4 is 9.62 Å². The molecule has 1 N–H and O–H groups in total. The number of carbonyl (C=O) groups excluding carboxylic acids is 2. The number of hydrogen-bond acceptors (Lipinski definition) is 4. The molecule has 1 saturated carbocycles. The largest absolute Gasteiger partial charge is 0.352 e. The van der Waals surface area contributed by atoms with Crippen LogP contribution in [0.2, 0.25) is 10.0 Å². The summed E-state index contributed by atoms with van der Waals surface area (Å²) in [4.78, 5) is 29.1. The highest BCUT2D eigenvalue weighted by atomic mass is 35.5. The van der Waals surface area contributed by atoms with Gasteiger partial charge >= 0.3 is 0 Å². The molecule has 10 heteroatoms. The maximum atomic E-state index is 14.1. The molecule has 41 heavy (non-hydrogen) atoms. The van der Waals surface area contributed by atoms with Crippen molar-refractivity contribution < 1.29 is 18.0 Å². The van der Waals surface area contributed by atoms with Crippen molar-refractivity contribution in [1.29, 1.82) is 0 Å². The number of amides is 2. The topological polar surface area (TPSA) is 86.8 Å². The molecule has 0 bridgehead atoms. The van der Waals surface area contributed by atoms with E-state index in [1.54, 1.807) is 60.7 Å². The zero-order chi connectivity index (χ0) is 29.6. The highest BCUT2D eigenvalue weighted by Gasteiger charge is 2.34. The van der Waals surface area contributed by atoms with E-state index in [0.717, 1.165) is 41.1 Å². The van der Waals surface area contributed by atoms with E-state index in [-0.39, 0.29) is 23.4 Å². The van der Waals surface area contributed by atoms with Gasteiger partial charge in [0.15, 0.2) is 0 Å². The van der Waals surface area contributed by atoms with Gasteiger partial charge < -0.3 is 10.2 Å². The number of anilines is 1. The van der Waals surface area contributed by atoms with Gasteiger partial charge in [0, 0.05) is 22.6 Å². The molecule has 1 aliphatic carbocycles. The zero-order valence-corrected chi connectivity index (χ0v) is 25.6. The van der Waals surface area contributed by atoms with E-state index in [1.165, 1.54) is 17.0 Å². The van der Waals surface area contributed by atoms with Crippen molar-refractivity contribution in [1.82, 2.24) is 10.2 Å². The summed E-state index contributed by atoms with van der Waals surface area (Å²) in [5, 5.41) is 4.10. The van der Waals surface area contributed by atoms with Crippen LogP contribution in [-0.4, -0.2) is 43.8 Å². The third kappa shape index (κ3) is 7.82. The molecule has 0 saturated heterocycles. The Morgan fingerprint density at radius 1 is 0.902 bits per heavy atom. The lowest BCUT2D eigenvalue weighted by Crippen LogP contribution is -2.53. The molecular formula is C31H35Cl2N3O4S. The maximum absolute atomic E-state index is 14.1. The van der Waals surface area contributed by atoms with Gasteiger partial charge in [0.05, 0.1) is 10.6 Å². The number of nitrogens with one attached hydrogen (secondary N) is 1. The van der Waals surface area contributed by atoms with Gasteiger partial charge in [-0.1, -0.05) is 72.8 Å². The van der Waals surface area contributed by atoms with Gasteiger partial charge in [-0.2, -0.15) is 0 Å². The predicted molar refractivity (Wildman–Crippen MR) is 164 cm³/mol. The second-order valence-corrected chi connectivity index (χ2v) is 13.1. The van der Waals surface area contributed by atoms with Crippen molar-refractivity contribution in [3.05, 3.63) is 94.0 Å². The minimum absolute atomic E-state index is 0.0566. The molecule has 7 nitrogen and oxygen atoms in total. The average molecular weight is 617 g/mol. The SMILES string of the molecule is CC[C@@H](C(=O)NC1CCCC1)N(Cc1ccc(Cl)cc1)C(=O)CN(c1ccc(Cl)cc1)S(=O)(=O)c1ccc(C)cc1. The molecular weight excluding hydrogens is 581 g/mol. The number of nitrogens with zero attached hydrogens (tertiary/aromatic N) is 2. The van der Waals surface area contributed by atoms with Crippen molar-refractivity contribution in [3.8, 4) is 0 Å². The fourth-order valence-electron chi connectivity index (χ4n) is 5.05. The van der Waals surface area contributed by atoms with Gasteiger partial charge in [0.2, 0.25) is 11.8 Å². The molecule has 0 radical (unpaired) electrons. The van der Waals surface area contributed by atoms with Gasteiger partial charge in [0.1, 0.15) is 12.6 Å². The first kappa shape index (κ1) is 30.9. The molecule has 0 heterocycles. The lowest BCUT2D eigenvalue weighted by molar-refractivity contribution is -0.140. The fourth-order valence-corrected chi connectivity index (χ4v) is 6.71. The molecule has 1 aliphatic rings. The Hall–Kier alpha value is -3.07. The molecule has 3 aromatic carbocycles. The normalized spacial score (nSPS) is 14.4. The van der Waals surface area contributed by atoms with Crippen molar-refractivity contribution in [2.45, 2.75) is 69.5 Å². The summed E-state index contributed by atoms with van der Waals surface area (Å²) in [7, 11) is -4.14. The summed E-state index contributed by atoms with van der Waals surface area (Å²) in [6.45, 7) is 3.33.